The molecular weight excluding hydrogens is 181 g/mol. The first-order valence-electron chi connectivity index (χ1n) is 2.99. The number of aromatic nitrogens is 1. The zero-order chi connectivity index (χ0) is 8.10. The van der Waals surface area contributed by atoms with Crippen molar-refractivity contribution in [2.24, 2.45) is 0 Å². The second kappa shape index (κ2) is 4.23. The maximum Gasteiger partial charge on any atom is 0.0839 e. The van der Waals surface area contributed by atoms with Crippen LogP contribution in [0.15, 0.2) is 18.5 Å². The molecule has 0 fully saturated rings. The lowest BCUT2D eigenvalue weighted by Gasteiger charge is -1.90. The molecular formula is C8H5Cl2N. The van der Waals surface area contributed by atoms with Crippen molar-refractivity contribution in [2.45, 2.75) is 0 Å². The molecule has 1 aromatic rings. The lowest BCUT2D eigenvalue weighted by atomic mass is 10.3. The quantitative estimate of drug-likeness (QED) is 0.447. The Morgan fingerprint density at radius 3 is 3.00 bits per heavy atom. The summed E-state index contributed by atoms with van der Waals surface area (Å²) in [5.41, 5.74) is 0.766. The van der Waals surface area contributed by atoms with E-state index in [2.05, 4.69) is 16.8 Å². The van der Waals surface area contributed by atoms with Gasteiger partial charge in [0.2, 0.25) is 0 Å². The molecule has 1 aromatic heterocycles. The van der Waals surface area contributed by atoms with Crippen molar-refractivity contribution in [3.8, 4) is 11.8 Å². The van der Waals surface area contributed by atoms with E-state index in [9.17, 15) is 0 Å². The van der Waals surface area contributed by atoms with Gasteiger partial charge in [-0.05, 0) is 6.07 Å². The maximum absolute atomic E-state index is 5.75. The molecule has 0 unspecified atom stereocenters. The smallest absolute Gasteiger partial charge is 0.0839 e. The highest BCUT2D eigenvalue weighted by atomic mass is 35.5. The molecule has 0 aliphatic heterocycles. The third-order valence-electron chi connectivity index (χ3n) is 1.06. The van der Waals surface area contributed by atoms with Gasteiger partial charge in [-0.25, -0.2) is 0 Å². The fourth-order valence-electron chi connectivity index (χ4n) is 0.605. The van der Waals surface area contributed by atoms with E-state index >= 15 is 0 Å². The molecule has 1 nitrogen and oxygen atoms in total. The van der Waals surface area contributed by atoms with Gasteiger partial charge in [-0.3, -0.25) is 4.98 Å². The molecule has 0 aromatic carbocycles. The van der Waals surface area contributed by atoms with Gasteiger partial charge in [-0.2, -0.15) is 0 Å². The van der Waals surface area contributed by atoms with E-state index in [1.165, 1.54) is 0 Å². The van der Waals surface area contributed by atoms with Crippen LogP contribution in [0.25, 0.3) is 0 Å². The van der Waals surface area contributed by atoms with Crippen LogP contribution < -0.4 is 0 Å². The minimum Gasteiger partial charge on any atom is -0.263 e. The summed E-state index contributed by atoms with van der Waals surface area (Å²) in [7, 11) is 0. The zero-order valence-corrected chi connectivity index (χ0v) is 7.15. The molecule has 0 aliphatic carbocycles. The Morgan fingerprint density at radius 2 is 2.36 bits per heavy atom. The Labute approximate surface area is 75.4 Å². The number of alkyl halides is 1. The van der Waals surface area contributed by atoms with Crippen LogP contribution in [0.2, 0.25) is 5.02 Å². The summed E-state index contributed by atoms with van der Waals surface area (Å²) < 4.78 is 0. The molecule has 3 heteroatoms. The van der Waals surface area contributed by atoms with Gasteiger partial charge in [0.1, 0.15) is 0 Å². The lowest BCUT2D eigenvalue weighted by molar-refractivity contribution is 1.32. The Morgan fingerprint density at radius 1 is 1.55 bits per heavy atom. The Kier molecular flexibility index (Phi) is 3.22. The summed E-state index contributed by atoms with van der Waals surface area (Å²) in [4.78, 5) is 3.82. The van der Waals surface area contributed by atoms with Crippen molar-refractivity contribution in [1.29, 1.82) is 0 Å². The largest absolute Gasteiger partial charge is 0.263 e. The summed E-state index contributed by atoms with van der Waals surface area (Å²) in [5.74, 6) is 5.84. The minimum absolute atomic E-state index is 0.318. The number of hydrogen-bond acceptors (Lipinski definition) is 1. The predicted molar refractivity (Wildman–Crippen MR) is 46.8 cm³/mol. The second-order valence-electron chi connectivity index (χ2n) is 1.79. The molecule has 0 amide bonds. The number of rotatable bonds is 0. The first-order chi connectivity index (χ1) is 5.34. The van der Waals surface area contributed by atoms with Crippen LogP contribution in [0, 0.1) is 11.8 Å². The molecule has 1 rings (SSSR count). The summed E-state index contributed by atoms with van der Waals surface area (Å²) in [6.45, 7) is 0. The predicted octanol–water partition coefficient (Wildman–Crippen LogP) is 2.33. The van der Waals surface area contributed by atoms with Crippen LogP contribution in [0.4, 0.5) is 0 Å². The van der Waals surface area contributed by atoms with E-state index in [0.717, 1.165) is 5.56 Å². The first kappa shape index (κ1) is 8.39. The van der Waals surface area contributed by atoms with Gasteiger partial charge in [0.05, 0.1) is 10.9 Å². The molecule has 0 bridgehead atoms. The lowest BCUT2D eigenvalue weighted by Crippen LogP contribution is -1.78. The van der Waals surface area contributed by atoms with Crippen LogP contribution in [0.1, 0.15) is 5.56 Å². The summed E-state index contributed by atoms with van der Waals surface area (Å²) in [6.07, 6.45) is 3.20. The molecule has 0 saturated heterocycles. The first-order valence-corrected chi connectivity index (χ1v) is 3.90. The highest BCUT2D eigenvalue weighted by Crippen LogP contribution is 2.10. The maximum atomic E-state index is 5.75. The highest BCUT2D eigenvalue weighted by molar-refractivity contribution is 6.31. The normalized spacial score (nSPS) is 8.55. The molecule has 1 heterocycles. The van der Waals surface area contributed by atoms with E-state index in [4.69, 9.17) is 23.2 Å². The second-order valence-corrected chi connectivity index (χ2v) is 2.47. The molecule has 56 valence electrons. The Bertz CT molecular complexity index is 298. The molecule has 0 radical (unpaired) electrons. The van der Waals surface area contributed by atoms with E-state index < -0.39 is 0 Å². The molecule has 11 heavy (non-hydrogen) atoms. The number of hydrogen-bond donors (Lipinski definition) is 0. The minimum atomic E-state index is 0.318. The zero-order valence-electron chi connectivity index (χ0n) is 5.64. The molecule has 0 atom stereocenters. The summed E-state index contributed by atoms with van der Waals surface area (Å²) in [6, 6.07) is 1.75. The fourth-order valence-corrected chi connectivity index (χ4v) is 0.839. The molecule has 0 spiro atoms. The van der Waals surface area contributed by atoms with E-state index in [-0.39, 0.29) is 0 Å². The topological polar surface area (TPSA) is 12.9 Å². The number of pyridine rings is 1. The third-order valence-corrected chi connectivity index (χ3v) is 1.50. The van der Waals surface area contributed by atoms with Gasteiger partial charge >= 0.3 is 0 Å². The van der Waals surface area contributed by atoms with Gasteiger partial charge in [0.25, 0.3) is 0 Å². The monoisotopic (exact) mass is 185 g/mol. The van der Waals surface area contributed by atoms with E-state index in [1.54, 1.807) is 18.5 Å². The van der Waals surface area contributed by atoms with Gasteiger partial charge in [0.15, 0.2) is 0 Å². The molecule has 0 aliphatic rings. The SMILES string of the molecule is ClCC#Cc1ccncc1Cl. The van der Waals surface area contributed by atoms with Gasteiger partial charge in [0, 0.05) is 18.0 Å². The Hall–Kier alpha value is -0.710. The van der Waals surface area contributed by atoms with Crippen LogP contribution in [0.5, 0.6) is 0 Å². The van der Waals surface area contributed by atoms with Crippen molar-refractivity contribution >= 4 is 23.2 Å². The van der Waals surface area contributed by atoms with Gasteiger partial charge < -0.3 is 0 Å². The average Bonchev–Trinajstić information content (AvgIpc) is 2.03. The van der Waals surface area contributed by atoms with Crippen molar-refractivity contribution < 1.29 is 0 Å². The number of nitrogens with zero attached hydrogens (tertiary/aromatic N) is 1. The van der Waals surface area contributed by atoms with E-state index in [1.807, 2.05) is 0 Å². The van der Waals surface area contributed by atoms with Crippen LogP contribution in [-0.4, -0.2) is 10.9 Å². The number of halogens is 2. The van der Waals surface area contributed by atoms with Crippen molar-refractivity contribution in [1.82, 2.24) is 4.98 Å². The van der Waals surface area contributed by atoms with Crippen LogP contribution in [-0.2, 0) is 0 Å². The molecule has 0 N–H and O–H groups in total. The van der Waals surface area contributed by atoms with Crippen LogP contribution >= 0.6 is 23.2 Å². The summed E-state index contributed by atoms with van der Waals surface area (Å²) in [5, 5.41) is 0.560. The van der Waals surface area contributed by atoms with Crippen molar-refractivity contribution in [3.63, 3.8) is 0 Å². The molecule has 0 saturated carbocycles. The Balaban J connectivity index is 2.95. The van der Waals surface area contributed by atoms with E-state index in [0.29, 0.717) is 10.9 Å². The highest BCUT2D eigenvalue weighted by Gasteiger charge is 1.92. The van der Waals surface area contributed by atoms with Crippen LogP contribution in [0.3, 0.4) is 0 Å². The third kappa shape index (κ3) is 2.42. The van der Waals surface area contributed by atoms with Gasteiger partial charge in [-0.15, -0.1) is 11.6 Å². The standard InChI is InChI=1S/C8H5Cl2N/c9-4-1-2-7-3-5-11-6-8(7)10/h3,5-6H,4H2. The summed E-state index contributed by atoms with van der Waals surface area (Å²) >= 11 is 11.1. The van der Waals surface area contributed by atoms with Crippen molar-refractivity contribution in [3.05, 3.63) is 29.0 Å². The van der Waals surface area contributed by atoms with Crippen molar-refractivity contribution in [2.75, 3.05) is 5.88 Å². The average molecular weight is 186 g/mol. The van der Waals surface area contributed by atoms with Gasteiger partial charge in [-0.1, -0.05) is 23.4 Å². The fraction of sp³-hybridized carbons (Fsp3) is 0.125.